The van der Waals surface area contributed by atoms with E-state index in [9.17, 15) is 18.0 Å². The highest BCUT2D eigenvalue weighted by Gasteiger charge is 2.67. The van der Waals surface area contributed by atoms with Crippen LogP contribution in [0.2, 0.25) is 0 Å². The van der Waals surface area contributed by atoms with Crippen molar-refractivity contribution in [2.24, 2.45) is 0 Å². The van der Waals surface area contributed by atoms with E-state index < -0.39 is 71.6 Å². The van der Waals surface area contributed by atoms with E-state index in [1.54, 1.807) is 13.8 Å². The molecule has 4 saturated heterocycles. The average molecular weight is 511 g/mol. The lowest BCUT2D eigenvalue weighted by atomic mass is 9.87. The molecule has 0 amide bonds. The molecule has 0 radical (unpaired) electrons. The van der Waals surface area contributed by atoms with E-state index in [1.165, 1.54) is 18.0 Å². The molecule has 13 heteroatoms. The molecule has 2 bridgehead atoms. The normalized spacial score (nSPS) is 36.7. The number of rotatable bonds is 3. The third kappa shape index (κ3) is 3.64. The fourth-order valence-electron chi connectivity index (χ4n) is 5.49. The molecule has 1 spiro atoms. The quantitative estimate of drug-likeness (QED) is 0.454. The Labute approximate surface area is 203 Å². The monoisotopic (exact) mass is 511 g/mol. The van der Waals surface area contributed by atoms with Gasteiger partial charge in [-0.2, -0.15) is 0 Å². The molecule has 10 nitrogen and oxygen atoms in total. The Morgan fingerprint density at radius 2 is 1.86 bits per heavy atom. The minimum atomic E-state index is -1.57. The van der Waals surface area contributed by atoms with Crippen molar-refractivity contribution in [3.63, 3.8) is 0 Å². The van der Waals surface area contributed by atoms with Crippen molar-refractivity contribution in [2.75, 3.05) is 13.7 Å². The van der Waals surface area contributed by atoms with E-state index in [4.69, 9.17) is 28.4 Å². The van der Waals surface area contributed by atoms with Crippen LogP contribution >= 0.6 is 0 Å². The van der Waals surface area contributed by atoms with Crippen LogP contribution in [-0.4, -0.2) is 76.8 Å². The van der Waals surface area contributed by atoms with Gasteiger partial charge in [-0.1, -0.05) is 5.21 Å². The summed E-state index contributed by atoms with van der Waals surface area (Å²) in [5.41, 5.74) is 0.0973. The van der Waals surface area contributed by atoms with Crippen molar-refractivity contribution < 1.29 is 46.4 Å². The lowest BCUT2D eigenvalue weighted by Crippen LogP contribution is -2.70. The Morgan fingerprint density at radius 1 is 1.14 bits per heavy atom. The standard InChI is InChI=1S/C23H24F3N3O7/c1-22(2)32-9-15-18(36-22)17(20-23(35-15)5-4-14(34-23)19(33-20)21(30)31-3)29-8-13(27-28-29)10-6-11(24)16(26)12(25)7-10/h6-8,14-15,17-20H,4-5,9H2,1-3H3/t14?,15-,17+,18+,19-,20-,23+/m1/s1. The molecule has 1 unspecified atom stereocenters. The number of aromatic nitrogens is 3. The second kappa shape index (κ2) is 8.21. The molecule has 6 rings (SSSR count). The number of esters is 1. The van der Waals surface area contributed by atoms with E-state index in [-0.39, 0.29) is 17.9 Å². The third-order valence-electron chi connectivity index (χ3n) is 7.10. The van der Waals surface area contributed by atoms with E-state index in [0.29, 0.717) is 12.8 Å². The van der Waals surface area contributed by atoms with Crippen molar-refractivity contribution in [1.82, 2.24) is 15.0 Å². The first-order chi connectivity index (χ1) is 17.1. The van der Waals surface area contributed by atoms with Gasteiger partial charge in [-0.3, -0.25) is 0 Å². The molecule has 0 N–H and O–H groups in total. The Balaban J connectivity index is 1.42. The van der Waals surface area contributed by atoms with Crippen LogP contribution in [0.5, 0.6) is 0 Å². The maximum absolute atomic E-state index is 13.9. The molecule has 1 aromatic heterocycles. The highest BCUT2D eigenvalue weighted by Crippen LogP contribution is 2.53. The number of benzene rings is 1. The molecule has 7 atom stereocenters. The highest BCUT2D eigenvalue weighted by molar-refractivity contribution is 5.75. The first-order valence-electron chi connectivity index (χ1n) is 11.6. The average Bonchev–Trinajstić information content (AvgIpc) is 3.46. The first kappa shape index (κ1) is 23.8. The zero-order chi connectivity index (χ0) is 25.4. The van der Waals surface area contributed by atoms with Gasteiger partial charge in [-0.05, 0) is 32.4 Å². The van der Waals surface area contributed by atoms with Gasteiger partial charge < -0.3 is 28.4 Å². The predicted octanol–water partition coefficient (Wildman–Crippen LogP) is 2.27. The van der Waals surface area contributed by atoms with Crippen molar-refractivity contribution in [3.8, 4) is 11.3 Å². The Bertz CT molecular complexity index is 1190. The molecule has 4 aliphatic rings. The van der Waals surface area contributed by atoms with Gasteiger partial charge in [0.2, 0.25) is 0 Å². The number of ether oxygens (including phenoxy) is 6. The molecule has 1 aromatic carbocycles. The molecule has 0 saturated carbocycles. The smallest absolute Gasteiger partial charge is 0.337 e. The minimum Gasteiger partial charge on any atom is -0.467 e. The van der Waals surface area contributed by atoms with Gasteiger partial charge in [0.25, 0.3) is 0 Å². The summed E-state index contributed by atoms with van der Waals surface area (Å²) < 4.78 is 78.5. The number of hydrogen-bond acceptors (Lipinski definition) is 9. The number of halogens is 3. The van der Waals surface area contributed by atoms with Crippen molar-refractivity contribution in [1.29, 1.82) is 0 Å². The topological polar surface area (TPSA) is 103 Å². The third-order valence-corrected chi connectivity index (χ3v) is 7.10. The maximum atomic E-state index is 13.9. The molecule has 4 fully saturated rings. The van der Waals surface area contributed by atoms with Gasteiger partial charge in [0.05, 0.1) is 26.0 Å². The van der Waals surface area contributed by atoms with Gasteiger partial charge in [0.15, 0.2) is 35.1 Å². The van der Waals surface area contributed by atoms with Crippen LogP contribution in [0.4, 0.5) is 13.2 Å². The van der Waals surface area contributed by atoms with E-state index in [2.05, 4.69) is 10.3 Å². The van der Waals surface area contributed by atoms with E-state index in [1.807, 2.05) is 0 Å². The molecule has 4 aliphatic heterocycles. The summed E-state index contributed by atoms with van der Waals surface area (Å²) in [5.74, 6) is -7.01. The summed E-state index contributed by atoms with van der Waals surface area (Å²) >= 11 is 0. The number of methoxy groups -OCH3 is 1. The first-order valence-corrected chi connectivity index (χ1v) is 11.6. The van der Waals surface area contributed by atoms with Crippen LogP contribution in [-0.2, 0) is 33.2 Å². The van der Waals surface area contributed by atoms with Crippen LogP contribution in [0.15, 0.2) is 18.3 Å². The van der Waals surface area contributed by atoms with Crippen LogP contribution in [0, 0.1) is 17.5 Å². The van der Waals surface area contributed by atoms with E-state index >= 15 is 0 Å². The molecule has 2 aromatic rings. The zero-order valence-corrected chi connectivity index (χ0v) is 19.7. The molecular formula is C23H24F3N3O7. The lowest BCUT2D eigenvalue weighted by molar-refractivity contribution is -0.427. The number of carbonyl (C=O) groups excluding carboxylic acids is 1. The Morgan fingerprint density at radius 3 is 2.58 bits per heavy atom. The van der Waals surface area contributed by atoms with Crippen molar-refractivity contribution in [3.05, 3.63) is 35.8 Å². The van der Waals surface area contributed by atoms with Crippen LogP contribution < -0.4 is 0 Å². The lowest BCUT2D eigenvalue weighted by Gasteiger charge is -2.56. The SMILES string of the molecule is COC(=O)[C@@H]1O[C@@H]2[C@@H](n3cc(-c4cc(F)c(F)c(F)c4)nn3)[C@H]3OC(C)(C)OC[C@H]3O[C@@]23CCC1O3. The molecule has 0 aliphatic carbocycles. The molecular weight excluding hydrogens is 487 g/mol. The number of hydrogen-bond donors (Lipinski definition) is 0. The molecule has 36 heavy (non-hydrogen) atoms. The molecule has 194 valence electrons. The number of fused-ring (bicyclic) bond motifs is 2. The molecule has 5 heterocycles. The summed E-state index contributed by atoms with van der Waals surface area (Å²) in [6, 6.07) is 0.948. The van der Waals surface area contributed by atoms with Crippen LogP contribution in [0.1, 0.15) is 32.7 Å². The van der Waals surface area contributed by atoms with Crippen molar-refractivity contribution >= 4 is 5.97 Å². The van der Waals surface area contributed by atoms with Gasteiger partial charge in [-0.25, -0.2) is 22.6 Å². The zero-order valence-electron chi connectivity index (χ0n) is 19.7. The summed E-state index contributed by atoms with van der Waals surface area (Å²) in [5, 5.41) is 8.25. The second-order valence-corrected chi connectivity index (χ2v) is 9.79. The van der Waals surface area contributed by atoms with E-state index in [0.717, 1.165) is 12.1 Å². The summed E-state index contributed by atoms with van der Waals surface area (Å²) in [6.07, 6.45) is -1.25. The summed E-state index contributed by atoms with van der Waals surface area (Å²) in [4.78, 5) is 12.5. The second-order valence-electron chi connectivity index (χ2n) is 9.79. The highest BCUT2D eigenvalue weighted by atomic mass is 19.2. The minimum absolute atomic E-state index is 0.00150. The van der Waals surface area contributed by atoms with Crippen molar-refractivity contribution in [2.45, 2.75) is 74.8 Å². The largest absolute Gasteiger partial charge is 0.467 e. The maximum Gasteiger partial charge on any atom is 0.337 e. The fraction of sp³-hybridized carbons (Fsp3) is 0.609. The van der Waals surface area contributed by atoms with Gasteiger partial charge in [-0.15, -0.1) is 5.10 Å². The summed E-state index contributed by atoms with van der Waals surface area (Å²) in [6.45, 7) is 3.71. The Hall–Kier alpha value is -2.58. The Kier molecular flexibility index (Phi) is 5.43. The van der Waals surface area contributed by atoms with Gasteiger partial charge in [0.1, 0.15) is 30.0 Å². The fourth-order valence-corrected chi connectivity index (χ4v) is 5.49. The van der Waals surface area contributed by atoms with Gasteiger partial charge in [0, 0.05) is 12.0 Å². The van der Waals surface area contributed by atoms with Crippen LogP contribution in [0.25, 0.3) is 11.3 Å². The van der Waals surface area contributed by atoms with Crippen LogP contribution in [0.3, 0.4) is 0 Å². The number of carbonyl (C=O) groups is 1. The van der Waals surface area contributed by atoms with Gasteiger partial charge >= 0.3 is 5.97 Å². The predicted molar refractivity (Wildman–Crippen MR) is 112 cm³/mol. The summed E-state index contributed by atoms with van der Waals surface area (Å²) in [7, 11) is 1.27. The number of nitrogens with zero attached hydrogens (tertiary/aromatic N) is 3.